The van der Waals surface area contributed by atoms with Crippen molar-refractivity contribution < 1.29 is 9.84 Å². The molecule has 0 spiro atoms. The number of hydrogen-bond donors (Lipinski definition) is 1. The molecule has 1 aromatic rings. The Bertz CT molecular complexity index is 295. The molecule has 84 valence electrons. The van der Waals surface area contributed by atoms with Gasteiger partial charge in [-0.05, 0) is 24.6 Å². The Morgan fingerprint density at radius 2 is 1.93 bits per heavy atom. The van der Waals surface area contributed by atoms with Gasteiger partial charge in [-0.15, -0.1) is 0 Å². The first kappa shape index (κ1) is 12.8. The number of aliphatic hydroxyl groups is 1. The summed E-state index contributed by atoms with van der Waals surface area (Å²) in [5.74, 6) is 0. The summed E-state index contributed by atoms with van der Waals surface area (Å²) in [6.07, 6.45) is 0.287. The highest BCUT2D eigenvalue weighted by atomic mass is 35.5. The summed E-state index contributed by atoms with van der Waals surface area (Å²) in [7, 11) is 0. The number of benzene rings is 1. The smallest absolute Gasteiger partial charge is 0.0846 e. The van der Waals surface area contributed by atoms with Crippen molar-refractivity contribution in [3.63, 3.8) is 0 Å². The molecule has 1 N–H and O–H groups in total. The fourth-order valence-corrected chi connectivity index (χ4v) is 1.92. The first-order chi connectivity index (χ1) is 7.19. The van der Waals surface area contributed by atoms with Gasteiger partial charge in [0.25, 0.3) is 0 Å². The van der Waals surface area contributed by atoms with Crippen molar-refractivity contribution in [1.82, 2.24) is 0 Å². The minimum absolute atomic E-state index is 0.0323. The van der Waals surface area contributed by atoms with Gasteiger partial charge >= 0.3 is 0 Å². The molecule has 0 radical (unpaired) electrons. The topological polar surface area (TPSA) is 29.5 Å². The van der Waals surface area contributed by atoms with Gasteiger partial charge in [-0.1, -0.05) is 29.3 Å². The van der Waals surface area contributed by atoms with Gasteiger partial charge < -0.3 is 9.84 Å². The summed E-state index contributed by atoms with van der Waals surface area (Å²) < 4.78 is 5.34. The first-order valence-corrected chi connectivity index (χ1v) is 5.60. The van der Waals surface area contributed by atoms with E-state index < -0.39 is 0 Å². The van der Waals surface area contributed by atoms with E-state index in [9.17, 15) is 0 Å². The van der Waals surface area contributed by atoms with Crippen molar-refractivity contribution in [1.29, 1.82) is 0 Å². The number of halogens is 2. The minimum atomic E-state index is -0.243. The molecule has 4 heteroatoms. The highest BCUT2D eigenvalue weighted by molar-refractivity contribution is 6.35. The van der Waals surface area contributed by atoms with Crippen LogP contribution in [-0.2, 0) is 11.2 Å². The summed E-state index contributed by atoms with van der Waals surface area (Å²) in [5, 5.41) is 10.3. The molecule has 1 unspecified atom stereocenters. The number of rotatable bonds is 5. The molecule has 1 aromatic carbocycles. The molecule has 0 amide bonds. The quantitative estimate of drug-likeness (QED) is 0.869. The monoisotopic (exact) mass is 248 g/mol. The van der Waals surface area contributed by atoms with Gasteiger partial charge in [0.05, 0.1) is 12.7 Å². The lowest BCUT2D eigenvalue weighted by atomic mass is 10.1. The summed E-state index contributed by atoms with van der Waals surface area (Å²) in [6, 6.07) is 5.36. The summed E-state index contributed by atoms with van der Waals surface area (Å²) in [4.78, 5) is 0. The standard InChI is InChI=1S/C11H14Cl2O2/c1-2-15-8(7-14)6-9-10(12)4-3-5-11(9)13/h3-5,8,14H,2,6-7H2,1H3. The molecule has 0 bridgehead atoms. The second-order valence-electron chi connectivity index (χ2n) is 3.16. The highest BCUT2D eigenvalue weighted by Crippen LogP contribution is 2.25. The lowest BCUT2D eigenvalue weighted by Crippen LogP contribution is -2.20. The highest BCUT2D eigenvalue weighted by Gasteiger charge is 2.13. The Hall–Kier alpha value is -0.280. The largest absolute Gasteiger partial charge is 0.394 e. The maximum Gasteiger partial charge on any atom is 0.0846 e. The predicted molar refractivity (Wildman–Crippen MR) is 62.7 cm³/mol. The zero-order valence-electron chi connectivity index (χ0n) is 8.54. The first-order valence-electron chi connectivity index (χ1n) is 4.84. The third-order valence-electron chi connectivity index (χ3n) is 2.10. The molecule has 0 aromatic heterocycles. The average Bonchev–Trinajstić information content (AvgIpc) is 2.22. The SMILES string of the molecule is CCOC(CO)Cc1c(Cl)cccc1Cl. The normalized spacial score (nSPS) is 12.8. The van der Waals surface area contributed by atoms with Gasteiger partial charge in [-0.3, -0.25) is 0 Å². The van der Waals surface area contributed by atoms with Crippen LogP contribution < -0.4 is 0 Å². The van der Waals surface area contributed by atoms with Crippen LogP contribution in [0.2, 0.25) is 10.0 Å². The lowest BCUT2D eigenvalue weighted by Gasteiger charge is -2.15. The van der Waals surface area contributed by atoms with Gasteiger partial charge in [0.2, 0.25) is 0 Å². The Morgan fingerprint density at radius 1 is 1.33 bits per heavy atom. The van der Waals surface area contributed by atoms with Crippen molar-refractivity contribution in [3.8, 4) is 0 Å². The van der Waals surface area contributed by atoms with Crippen molar-refractivity contribution in [3.05, 3.63) is 33.8 Å². The maximum absolute atomic E-state index is 9.09. The Labute approximate surface area is 99.8 Å². The Balaban J connectivity index is 2.78. The van der Waals surface area contributed by atoms with E-state index in [0.717, 1.165) is 5.56 Å². The third-order valence-corrected chi connectivity index (χ3v) is 2.81. The van der Waals surface area contributed by atoms with E-state index in [1.165, 1.54) is 0 Å². The van der Waals surface area contributed by atoms with Gasteiger partial charge in [-0.2, -0.15) is 0 Å². The van der Waals surface area contributed by atoms with Crippen molar-refractivity contribution in [2.24, 2.45) is 0 Å². The van der Waals surface area contributed by atoms with E-state index in [1.807, 2.05) is 6.92 Å². The zero-order chi connectivity index (χ0) is 11.3. The van der Waals surface area contributed by atoms with Crippen LogP contribution in [0.15, 0.2) is 18.2 Å². The molecule has 0 aliphatic carbocycles. The average molecular weight is 249 g/mol. The van der Waals surface area contributed by atoms with E-state index in [0.29, 0.717) is 23.1 Å². The molecule has 0 saturated heterocycles. The Morgan fingerprint density at radius 3 is 2.40 bits per heavy atom. The second kappa shape index (κ2) is 6.33. The molecule has 1 rings (SSSR count). The van der Waals surface area contributed by atoms with Crippen LogP contribution in [0.3, 0.4) is 0 Å². The van der Waals surface area contributed by atoms with E-state index in [2.05, 4.69) is 0 Å². The van der Waals surface area contributed by atoms with Crippen molar-refractivity contribution >= 4 is 23.2 Å². The molecule has 0 fully saturated rings. The predicted octanol–water partition coefficient (Wildman–Crippen LogP) is 2.93. The maximum atomic E-state index is 9.09. The van der Waals surface area contributed by atoms with Crippen LogP contribution in [0.4, 0.5) is 0 Å². The fraction of sp³-hybridized carbons (Fsp3) is 0.455. The number of ether oxygens (including phenoxy) is 1. The molecular formula is C11H14Cl2O2. The van der Waals surface area contributed by atoms with E-state index in [1.54, 1.807) is 18.2 Å². The van der Waals surface area contributed by atoms with Crippen LogP contribution >= 0.6 is 23.2 Å². The van der Waals surface area contributed by atoms with Crippen LogP contribution in [0.5, 0.6) is 0 Å². The van der Waals surface area contributed by atoms with Crippen molar-refractivity contribution in [2.75, 3.05) is 13.2 Å². The minimum Gasteiger partial charge on any atom is -0.394 e. The Kier molecular flexibility index (Phi) is 5.40. The van der Waals surface area contributed by atoms with Crippen LogP contribution in [0.25, 0.3) is 0 Å². The molecule has 0 aliphatic rings. The lowest BCUT2D eigenvalue weighted by molar-refractivity contribution is 0.0207. The van der Waals surface area contributed by atoms with E-state index >= 15 is 0 Å². The molecule has 0 saturated carbocycles. The van der Waals surface area contributed by atoms with E-state index in [-0.39, 0.29) is 12.7 Å². The van der Waals surface area contributed by atoms with Crippen LogP contribution in [-0.4, -0.2) is 24.4 Å². The van der Waals surface area contributed by atoms with Gasteiger partial charge in [0, 0.05) is 23.1 Å². The van der Waals surface area contributed by atoms with Crippen LogP contribution in [0.1, 0.15) is 12.5 Å². The summed E-state index contributed by atoms with van der Waals surface area (Å²) >= 11 is 12.0. The van der Waals surface area contributed by atoms with Gasteiger partial charge in [-0.25, -0.2) is 0 Å². The van der Waals surface area contributed by atoms with Crippen LogP contribution in [0, 0.1) is 0 Å². The molecule has 0 heterocycles. The fourth-order valence-electron chi connectivity index (χ4n) is 1.37. The zero-order valence-corrected chi connectivity index (χ0v) is 10.1. The summed E-state index contributed by atoms with van der Waals surface area (Å²) in [6.45, 7) is 2.42. The van der Waals surface area contributed by atoms with Gasteiger partial charge in [0.15, 0.2) is 0 Å². The van der Waals surface area contributed by atoms with Crippen molar-refractivity contribution in [2.45, 2.75) is 19.4 Å². The van der Waals surface area contributed by atoms with E-state index in [4.69, 9.17) is 33.0 Å². The molecule has 1 atom stereocenters. The second-order valence-corrected chi connectivity index (χ2v) is 3.98. The molecular weight excluding hydrogens is 235 g/mol. The number of hydrogen-bond acceptors (Lipinski definition) is 2. The molecule has 0 aliphatic heterocycles. The molecule has 2 nitrogen and oxygen atoms in total. The number of aliphatic hydroxyl groups excluding tert-OH is 1. The molecule has 15 heavy (non-hydrogen) atoms. The van der Waals surface area contributed by atoms with Gasteiger partial charge in [0.1, 0.15) is 0 Å². The third kappa shape index (κ3) is 3.65. The summed E-state index contributed by atoms with van der Waals surface area (Å²) in [5.41, 5.74) is 0.827.